The molecule has 1 aromatic carbocycles. The number of piperazine rings is 1. The zero-order valence-electron chi connectivity index (χ0n) is 15.8. The fourth-order valence-electron chi connectivity index (χ4n) is 3.61. The summed E-state index contributed by atoms with van der Waals surface area (Å²) in [6.45, 7) is 6.18. The number of halogens is 1. The highest BCUT2D eigenvalue weighted by molar-refractivity contribution is 6.30. The van der Waals surface area contributed by atoms with Crippen LogP contribution in [0.1, 0.15) is 17.5 Å². The Morgan fingerprint density at radius 1 is 1.14 bits per heavy atom. The highest BCUT2D eigenvalue weighted by Gasteiger charge is 2.23. The van der Waals surface area contributed by atoms with Gasteiger partial charge in [-0.2, -0.15) is 0 Å². The van der Waals surface area contributed by atoms with E-state index in [1.807, 2.05) is 31.2 Å². The molecule has 2 N–H and O–H groups in total. The Morgan fingerprint density at radius 2 is 1.89 bits per heavy atom. The summed E-state index contributed by atoms with van der Waals surface area (Å²) in [5.74, 6) is 0.743. The molecule has 3 aromatic rings. The average molecular weight is 398 g/mol. The first-order valence-corrected chi connectivity index (χ1v) is 9.86. The molecule has 2 aromatic heterocycles. The number of aromatic amines is 1. The van der Waals surface area contributed by atoms with Crippen molar-refractivity contribution in [1.82, 2.24) is 19.9 Å². The van der Waals surface area contributed by atoms with Crippen molar-refractivity contribution in [3.05, 3.63) is 65.2 Å². The number of H-pyrrole nitrogens is 1. The molecule has 1 aliphatic heterocycles. The third-order valence-electron chi connectivity index (χ3n) is 5.17. The third-order valence-corrected chi connectivity index (χ3v) is 5.42. The molecule has 1 unspecified atom stereocenters. The zero-order chi connectivity index (χ0) is 19.5. The number of rotatable bonds is 5. The van der Waals surface area contributed by atoms with Crippen LogP contribution in [-0.2, 0) is 0 Å². The summed E-state index contributed by atoms with van der Waals surface area (Å²) in [6.07, 6.45) is 2.88. The van der Waals surface area contributed by atoms with Crippen LogP contribution in [0.4, 0.5) is 5.69 Å². The molecule has 0 saturated carbocycles. The number of aliphatic hydroxyl groups is 1. The molecule has 0 spiro atoms. The first-order chi connectivity index (χ1) is 13.6. The van der Waals surface area contributed by atoms with Gasteiger partial charge in [-0.25, -0.2) is 4.98 Å². The van der Waals surface area contributed by atoms with Gasteiger partial charge in [0.2, 0.25) is 0 Å². The van der Waals surface area contributed by atoms with E-state index < -0.39 is 6.10 Å². The lowest BCUT2D eigenvalue weighted by atomic mass is 10.2. The summed E-state index contributed by atoms with van der Waals surface area (Å²) >= 11 is 5.98. The number of hydrogen-bond acceptors (Lipinski definition) is 5. The summed E-state index contributed by atoms with van der Waals surface area (Å²) < 4.78 is 0. The topological polar surface area (TPSA) is 68.3 Å². The van der Waals surface area contributed by atoms with Gasteiger partial charge in [-0.05, 0) is 43.3 Å². The maximum absolute atomic E-state index is 10.8. The van der Waals surface area contributed by atoms with Gasteiger partial charge in [-0.3, -0.25) is 9.88 Å². The molecule has 7 heteroatoms. The number of nitrogens with zero attached hydrogens (tertiary/aromatic N) is 4. The summed E-state index contributed by atoms with van der Waals surface area (Å²) in [4.78, 5) is 16.7. The number of β-amino-alcohol motifs (C(OH)–C–C–N with tert-alkyl or cyclic N) is 1. The third kappa shape index (κ3) is 4.19. The number of aliphatic hydroxyl groups excluding tert-OH is 1. The minimum atomic E-state index is -0.622. The second-order valence-electron chi connectivity index (χ2n) is 7.12. The second kappa shape index (κ2) is 8.31. The fraction of sp³-hybridized carbons (Fsp3) is 0.333. The Bertz CT molecular complexity index is 904. The first-order valence-electron chi connectivity index (χ1n) is 9.48. The number of anilines is 1. The van der Waals surface area contributed by atoms with Crippen molar-refractivity contribution < 1.29 is 5.11 Å². The Hall–Kier alpha value is -2.41. The highest BCUT2D eigenvalue weighted by atomic mass is 35.5. The normalized spacial score (nSPS) is 16.3. The van der Waals surface area contributed by atoms with Crippen molar-refractivity contribution in [2.45, 2.75) is 13.0 Å². The van der Waals surface area contributed by atoms with E-state index in [0.717, 1.165) is 48.3 Å². The van der Waals surface area contributed by atoms with Gasteiger partial charge < -0.3 is 15.0 Å². The molecule has 0 aliphatic carbocycles. The maximum atomic E-state index is 10.8. The van der Waals surface area contributed by atoms with E-state index in [0.29, 0.717) is 12.2 Å². The quantitative estimate of drug-likeness (QED) is 0.691. The van der Waals surface area contributed by atoms with Gasteiger partial charge in [0.15, 0.2) is 0 Å². The van der Waals surface area contributed by atoms with E-state index in [2.05, 4.69) is 36.9 Å². The van der Waals surface area contributed by atoms with Crippen molar-refractivity contribution in [1.29, 1.82) is 0 Å². The lowest BCUT2D eigenvalue weighted by Crippen LogP contribution is -2.47. The highest BCUT2D eigenvalue weighted by Crippen LogP contribution is 2.23. The minimum Gasteiger partial charge on any atom is -0.385 e. The van der Waals surface area contributed by atoms with Crippen molar-refractivity contribution in [2.75, 3.05) is 37.6 Å². The monoisotopic (exact) mass is 397 g/mol. The van der Waals surface area contributed by atoms with Crippen molar-refractivity contribution in [3.8, 4) is 11.4 Å². The second-order valence-corrected chi connectivity index (χ2v) is 7.55. The lowest BCUT2D eigenvalue weighted by Gasteiger charge is -2.36. The van der Waals surface area contributed by atoms with Crippen LogP contribution in [0.2, 0.25) is 5.02 Å². The largest absolute Gasteiger partial charge is 0.385 e. The van der Waals surface area contributed by atoms with E-state index in [1.165, 1.54) is 5.69 Å². The van der Waals surface area contributed by atoms with Crippen molar-refractivity contribution in [2.24, 2.45) is 0 Å². The summed E-state index contributed by atoms with van der Waals surface area (Å²) in [6, 6.07) is 11.8. The molecule has 3 heterocycles. The predicted octanol–water partition coefficient (Wildman–Crippen LogP) is 3.29. The van der Waals surface area contributed by atoms with E-state index in [9.17, 15) is 5.11 Å². The molecule has 146 valence electrons. The van der Waals surface area contributed by atoms with E-state index >= 15 is 0 Å². The molecule has 1 fully saturated rings. The van der Waals surface area contributed by atoms with Gasteiger partial charge in [-0.1, -0.05) is 11.6 Å². The number of nitrogens with one attached hydrogen (secondary N) is 1. The van der Waals surface area contributed by atoms with Crippen molar-refractivity contribution >= 4 is 17.3 Å². The Labute approximate surface area is 169 Å². The number of hydrogen-bond donors (Lipinski definition) is 2. The number of imidazole rings is 1. The predicted molar refractivity (Wildman–Crippen MR) is 112 cm³/mol. The van der Waals surface area contributed by atoms with Crippen molar-refractivity contribution in [3.63, 3.8) is 0 Å². The molecule has 28 heavy (non-hydrogen) atoms. The first kappa shape index (κ1) is 18.9. The van der Waals surface area contributed by atoms with Crippen LogP contribution in [0, 0.1) is 6.92 Å². The van der Waals surface area contributed by atoms with Gasteiger partial charge in [0.25, 0.3) is 0 Å². The van der Waals surface area contributed by atoms with Crippen LogP contribution in [0.3, 0.4) is 0 Å². The molecule has 1 aliphatic rings. The minimum absolute atomic E-state index is 0.576. The molecule has 6 nitrogen and oxygen atoms in total. The van der Waals surface area contributed by atoms with E-state index in [-0.39, 0.29) is 0 Å². The maximum Gasteiger partial charge on any atom is 0.139 e. The van der Waals surface area contributed by atoms with Gasteiger partial charge in [-0.15, -0.1) is 0 Å². The van der Waals surface area contributed by atoms with Crippen LogP contribution in [0.5, 0.6) is 0 Å². The molecule has 4 rings (SSSR count). The lowest BCUT2D eigenvalue weighted by molar-refractivity contribution is 0.106. The molecule has 0 bridgehead atoms. The summed E-state index contributed by atoms with van der Waals surface area (Å²) in [7, 11) is 0. The van der Waals surface area contributed by atoms with E-state index in [1.54, 1.807) is 12.4 Å². The Kier molecular flexibility index (Phi) is 5.62. The SMILES string of the molecule is Cc1[nH]c(-c2cccnc2)nc1C(O)CN1CCN(c2ccc(Cl)cc2)CC1. The fourth-order valence-corrected chi connectivity index (χ4v) is 3.74. The molecular weight excluding hydrogens is 374 g/mol. The van der Waals surface area contributed by atoms with Crippen LogP contribution in [-0.4, -0.2) is 57.7 Å². The standard InChI is InChI=1S/C21H24ClN5O/c1-15-20(25-21(24-15)16-3-2-8-23-13-16)19(28)14-26-9-11-27(12-10-26)18-6-4-17(22)5-7-18/h2-8,13,19,28H,9-12,14H2,1H3,(H,24,25). The molecular formula is C21H24ClN5O. The van der Waals surface area contributed by atoms with E-state index in [4.69, 9.17) is 11.6 Å². The van der Waals surface area contributed by atoms with Crippen LogP contribution >= 0.6 is 11.6 Å². The van der Waals surface area contributed by atoms with Gasteiger partial charge >= 0.3 is 0 Å². The Morgan fingerprint density at radius 3 is 2.57 bits per heavy atom. The number of aromatic nitrogens is 3. The van der Waals surface area contributed by atoms with Gasteiger partial charge in [0.1, 0.15) is 11.9 Å². The average Bonchev–Trinajstić information content (AvgIpc) is 3.12. The van der Waals surface area contributed by atoms with Crippen LogP contribution in [0.15, 0.2) is 48.8 Å². The molecule has 0 radical (unpaired) electrons. The number of benzene rings is 1. The molecule has 1 saturated heterocycles. The number of aryl methyl sites for hydroxylation is 1. The summed E-state index contributed by atoms with van der Waals surface area (Å²) in [5.41, 5.74) is 3.71. The molecule has 1 atom stereocenters. The zero-order valence-corrected chi connectivity index (χ0v) is 16.6. The van der Waals surface area contributed by atoms with Crippen LogP contribution in [0.25, 0.3) is 11.4 Å². The Balaban J connectivity index is 1.36. The smallest absolute Gasteiger partial charge is 0.139 e. The number of pyridine rings is 1. The van der Waals surface area contributed by atoms with Crippen LogP contribution < -0.4 is 4.90 Å². The molecule has 0 amide bonds. The van der Waals surface area contributed by atoms with Gasteiger partial charge in [0, 0.05) is 67.1 Å². The summed E-state index contributed by atoms with van der Waals surface area (Å²) in [5, 5.41) is 11.5. The van der Waals surface area contributed by atoms with Gasteiger partial charge in [0.05, 0.1) is 5.69 Å².